The maximum absolute atomic E-state index is 12.2. The van der Waals surface area contributed by atoms with Gasteiger partial charge in [0, 0.05) is 6.04 Å². The predicted octanol–water partition coefficient (Wildman–Crippen LogP) is 1.19. The van der Waals surface area contributed by atoms with Crippen LogP contribution >= 0.6 is 0 Å². The second-order valence-electron chi connectivity index (χ2n) is 4.39. The summed E-state index contributed by atoms with van der Waals surface area (Å²) in [6.07, 6.45) is -1.45. The molecule has 0 unspecified atom stereocenters. The van der Waals surface area contributed by atoms with E-state index in [4.69, 9.17) is 0 Å². The van der Waals surface area contributed by atoms with Gasteiger partial charge in [-0.15, -0.1) is 0 Å². The maximum atomic E-state index is 12.2. The smallest absolute Gasteiger partial charge is 0.343 e. The molecule has 1 aromatic heterocycles. The average molecular weight is 264 g/mol. The van der Waals surface area contributed by atoms with E-state index >= 15 is 0 Å². The molecule has 0 bridgehead atoms. The lowest BCUT2D eigenvalue weighted by atomic mass is 10.1. The van der Waals surface area contributed by atoms with Crippen molar-refractivity contribution in [3.8, 4) is 0 Å². The van der Waals surface area contributed by atoms with E-state index in [0.717, 1.165) is 0 Å². The number of hydrogen-bond acceptors (Lipinski definition) is 5. The molecule has 0 radical (unpaired) electrons. The first-order valence-corrected chi connectivity index (χ1v) is 5.81. The van der Waals surface area contributed by atoms with Crippen LogP contribution < -0.4 is 5.32 Å². The molecule has 2 heterocycles. The average Bonchev–Trinajstić information content (AvgIpc) is 2.79. The summed E-state index contributed by atoms with van der Waals surface area (Å²) < 4.78 is 41.2. The van der Waals surface area contributed by atoms with Gasteiger partial charge >= 0.3 is 6.18 Å². The molecule has 18 heavy (non-hydrogen) atoms. The monoisotopic (exact) mass is 264 g/mol. The summed E-state index contributed by atoms with van der Waals surface area (Å²) in [5.41, 5.74) is 0. The fourth-order valence-electron chi connectivity index (χ4n) is 2.05. The second-order valence-corrected chi connectivity index (χ2v) is 4.39. The molecule has 0 saturated carbocycles. The van der Waals surface area contributed by atoms with E-state index in [1.807, 2.05) is 0 Å². The van der Waals surface area contributed by atoms with Crippen molar-refractivity contribution >= 4 is 0 Å². The molecule has 0 amide bonds. The van der Waals surface area contributed by atoms with Crippen molar-refractivity contribution in [2.45, 2.75) is 31.6 Å². The SMILES string of the molecule is FC(F)(F)CN1CCC(NCc2ncon2)CC1. The molecular formula is C10H15F3N4O. The summed E-state index contributed by atoms with van der Waals surface area (Å²) in [6.45, 7) is 0.595. The van der Waals surface area contributed by atoms with Crippen LogP contribution in [0.3, 0.4) is 0 Å². The molecule has 0 aliphatic carbocycles. The van der Waals surface area contributed by atoms with Gasteiger partial charge in [0.15, 0.2) is 5.82 Å². The van der Waals surface area contributed by atoms with Crippen LogP contribution in [0, 0.1) is 0 Å². The quantitative estimate of drug-likeness (QED) is 0.885. The van der Waals surface area contributed by atoms with Gasteiger partial charge in [-0.1, -0.05) is 5.16 Å². The first kappa shape index (κ1) is 13.3. The molecule has 1 aromatic rings. The lowest BCUT2D eigenvalue weighted by Gasteiger charge is -2.32. The van der Waals surface area contributed by atoms with Crippen molar-refractivity contribution in [2.75, 3.05) is 19.6 Å². The third kappa shape index (κ3) is 4.26. The number of piperidine rings is 1. The Hall–Kier alpha value is -1.15. The van der Waals surface area contributed by atoms with Crippen molar-refractivity contribution in [3.05, 3.63) is 12.2 Å². The van der Waals surface area contributed by atoms with Gasteiger partial charge in [-0.25, -0.2) is 0 Å². The molecule has 8 heteroatoms. The Morgan fingerprint density at radius 2 is 2.11 bits per heavy atom. The summed E-state index contributed by atoms with van der Waals surface area (Å²) >= 11 is 0. The van der Waals surface area contributed by atoms with Crippen molar-refractivity contribution in [1.82, 2.24) is 20.4 Å². The minimum atomic E-state index is -4.11. The molecule has 0 aromatic carbocycles. The molecule has 0 spiro atoms. The van der Waals surface area contributed by atoms with Gasteiger partial charge in [0.05, 0.1) is 13.1 Å². The van der Waals surface area contributed by atoms with Crippen LogP contribution in [0.5, 0.6) is 0 Å². The Morgan fingerprint density at radius 1 is 1.39 bits per heavy atom. The number of alkyl halides is 3. The van der Waals surface area contributed by atoms with Gasteiger partial charge in [0.25, 0.3) is 0 Å². The molecule has 1 aliphatic rings. The van der Waals surface area contributed by atoms with Crippen LogP contribution in [0.2, 0.25) is 0 Å². The van der Waals surface area contributed by atoms with E-state index < -0.39 is 12.7 Å². The van der Waals surface area contributed by atoms with Crippen LogP contribution in [0.15, 0.2) is 10.9 Å². The van der Waals surface area contributed by atoms with E-state index in [0.29, 0.717) is 38.3 Å². The lowest BCUT2D eigenvalue weighted by molar-refractivity contribution is -0.148. The summed E-state index contributed by atoms with van der Waals surface area (Å²) in [7, 11) is 0. The first-order valence-electron chi connectivity index (χ1n) is 5.81. The van der Waals surface area contributed by atoms with Gasteiger partial charge < -0.3 is 9.84 Å². The number of hydrogen-bond donors (Lipinski definition) is 1. The summed E-state index contributed by atoms with van der Waals surface area (Å²) in [5, 5.41) is 6.87. The number of rotatable bonds is 4. The van der Waals surface area contributed by atoms with E-state index in [2.05, 4.69) is 20.0 Å². The highest BCUT2D eigenvalue weighted by Gasteiger charge is 2.32. The zero-order valence-electron chi connectivity index (χ0n) is 9.78. The molecular weight excluding hydrogens is 249 g/mol. The minimum absolute atomic E-state index is 0.216. The fraction of sp³-hybridized carbons (Fsp3) is 0.800. The number of aromatic nitrogens is 2. The number of nitrogens with one attached hydrogen (secondary N) is 1. The van der Waals surface area contributed by atoms with E-state index in [1.165, 1.54) is 11.3 Å². The first-order chi connectivity index (χ1) is 8.53. The number of likely N-dealkylation sites (tertiary alicyclic amines) is 1. The Labute approximate surface area is 102 Å². The Morgan fingerprint density at radius 3 is 2.67 bits per heavy atom. The largest absolute Gasteiger partial charge is 0.401 e. The maximum Gasteiger partial charge on any atom is 0.401 e. The molecule has 102 valence electrons. The second kappa shape index (κ2) is 5.66. The normalized spacial score (nSPS) is 19.3. The predicted molar refractivity (Wildman–Crippen MR) is 56.7 cm³/mol. The summed E-state index contributed by atoms with van der Waals surface area (Å²) in [6, 6.07) is 0.216. The molecule has 2 rings (SSSR count). The minimum Gasteiger partial charge on any atom is -0.343 e. The van der Waals surface area contributed by atoms with Crippen LogP contribution in [0.1, 0.15) is 18.7 Å². The third-order valence-electron chi connectivity index (χ3n) is 2.95. The number of halogens is 3. The van der Waals surface area contributed by atoms with Gasteiger partial charge in [-0.2, -0.15) is 18.2 Å². The molecule has 0 atom stereocenters. The third-order valence-corrected chi connectivity index (χ3v) is 2.95. The Bertz CT molecular complexity index is 347. The van der Waals surface area contributed by atoms with E-state index in [-0.39, 0.29) is 6.04 Å². The standard InChI is InChI=1S/C10H15F3N4O/c11-10(12,13)6-17-3-1-8(2-4-17)14-5-9-15-7-18-16-9/h7-8,14H,1-6H2. The van der Waals surface area contributed by atoms with Crippen LogP contribution in [0.25, 0.3) is 0 Å². The van der Waals surface area contributed by atoms with Crippen molar-refractivity contribution in [1.29, 1.82) is 0 Å². The summed E-state index contributed by atoms with van der Waals surface area (Å²) in [5.74, 6) is 0.563. The highest BCUT2D eigenvalue weighted by atomic mass is 19.4. The Balaban J connectivity index is 1.67. The molecule has 1 N–H and O–H groups in total. The summed E-state index contributed by atoms with van der Waals surface area (Å²) in [4.78, 5) is 5.30. The van der Waals surface area contributed by atoms with Crippen LogP contribution in [-0.4, -0.2) is 46.9 Å². The van der Waals surface area contributed by atoms with Gasteiger partial charge in [-0.05, 0) is 25.9 Å². The fourth-order valence-corrected chi connectivity index (χ4v) is 2.05. The Kier molecular flexibility index (Phi) is 4.18. The topological polar surface area (TPSA) is 54.2 Å². The molecule has 1 fully saturated rings. The molecule has 5 nitrogen and oxygen atoms in total. The van der Waals surface area contributed by atoms with Gasteiger partial charge in [0.1, 0.15) is 0 Å². The zero-order chi connectivity index (χ0) is 13.0. The van der Waals surface area contributed by atoms with E-state index in [1.54, 1.807) is 0 Å². The van der Waals surface area contributed by atoms with Crippen LogP contribution in [0.4, 0.5) is 13.2 Å². The molecule has 1 aliphatic heterocycles. The highest BCUT2D eigenvalue weighted by Crippen LogP contribution is 2.19. The zero-order valence-corrected chi connectivity index (χ0v) is 9.78. The lowest BCUT2D eigenvalue weighted by Crippen LogP contribution is -2.45. The highest BCUT2D eigenvalue weighted by molar-refractivity contribution is 4.82. The van der Waals surface area contributed by atoms with Gasteiger partial charge in [0.2, 0.25) is 6.39 Å². The van der Waals surface area contributed by atoms with Crippen LogP contribution in [-0.2, 0) is 6.54 Å². The molecule has 1 saturated heterocycles. The van der Waals surface area contributed by atoms with Crippen molar-refractivity contribution in [2.24, 2.45) is 0 Å². The van der Waals surface area contributed by atoms with Gasteiger partial charge in [-0.3, -0.25) is 4.90 Å². The van der Waals surface area contributed by atoms with Crippen molar-refractivity contribution in [3.63, 3.8) is 0 Å². The van der Waals surface area contributed by atoms with E-state index in [9.17, 15) is 13.2 Å². The number of nitrogens with zero attached hydrogens (tertiary/aromatic N) is 3. The van der Waals surface area contributed by atoms with Crippen molar-refractivity contribution < 1.29 is 17.7 Å².